The van der Waals surface area contributed by atoms with Gasteiger partial charge in [0.1, 0.15) is 17.0 Å². The van der Waals surface area contributed by atoms with Gasteiger partial charge in [-0.15, -0.1) is 0 Å². The SMILES string of the molecule is COC1CC(C(=O)N(c2ccc(S(F)(F)(F)(F)F)cc2)C(C(=O)N2CCNC2)c2cccnc2)N(C#N)C1. The Morgan fingerprint density at radius 1 is 1.21 bits per heavy atom. The highest BCUT2D eigenvalue weighted by molar-refractivity contribution is 8.45. The summed E-state index contributed by atoms with van der Waals surface area (Å²) in [5.74, 6) is -1.33. The van der Waals surface area contributed by atoms with Crippen molar-refractivity contribution in [3.05, 3.63) is 54.4 Å². The average molecular weight is 561 g/mol. The van der Waals surface area contributed by atoms with Crippen LogP contribution < -0.4 is 10.2 Å². The van der Waals surface area contributed by atoms with Crippen molar-refractivity contribution in [2.24, 2.45) is 0 Å². The summed E-state index contributed by atoms with van der Waals surface area (Å²) in [6, 6.07) is 2.37. The molecule has 1 N–H and O–H groups in total. The molecule has 9 nitrogen and oxygen atoms in total. The Morgan fingerprint density at radius 2 is 1.92 bits per heavy atom. The summed E-state index contributed by atoms with van der Waals surface area (Å²) in [7, 11) is -8.59. The maximum Gasteiger partial charge on any atom is 0.310 e. The number of benzene rings is 1. The number of pyridine rings is 1. The summed E-state index contributed by atoms with van der Waals surface area (Å²) >= 11 is 0. The van der Waals surface area contributed by atoms with Crippen LogP contribution in [0.15, 0.2) is 53.7 Å². The lowest BCUT2D eigenvalue weighted by molar-refractivity contribution is -0.134. The second-order valence-electron chi connectivity index (χ2n) is 8.98. The van der Waals surface area contributed by atoms with E-state index in [-0.39, 0.29) is 43.0 Å². The van der Waals surface area contributed by atoms with Crippen LogP contribution in [0.5, 0.6) is 0 Å². The molecule has 0 saturated carbocycles. The fourth-order valence-electron chi connectivity index (χ4n) is 4.55. The number of hydrogen-bond acceptors (Lipinski definition) is 7. The molecule has 206 valence electrons. The summed E-state index contributed by atoms with van der Waals surface area (Å²) in [5.41, 5.74) is 0.0213. The third-order valence-corrected chi connectivity index (χ3v) is 7.64. The maximum atomic E-state index is 14.0. The van der Waals surface area contributed by atoms with Gasteiger partial charge in [0.05, 0.1) is 19.3 Å². The van der Waals surface area contributed by atoms with Crippen LogP contribution in [0.3, 0.4) is 0 Å². The number of nitrogens with one attached hydrogen (secondary N) is 1. The molecule has 38 heavy (non-hydrogen) atoms. The number of methoxy groups -OCH3 is 1. The van der Waals surface area contributed by atoms with E-state index < -0.39 is 45.1 Å². The highest BCUT2D eigenvalue weighted by Crippen LogP contribution is 3.02. The van der Waals surface area contributed by atoms with E-state index in [1.807, 2.05) is 6.19 Å². The van der Waals surface area contributed by atoms with Gasteiger partial charge in [-0.2, -0.15) is 5.26 Å². The van der Waals surface area contributed by atoms with Gasteiger partial charge in [-0.25, -0.2) is 0 Å². The zero-order valence-electron chi connectivity index (χ0n) is 20.1. The summed E-state index contributed by atoms with van der Waals surface area (Å²) in [6.45, 7) is 1.04. The average Bonchev–Trinajstić information content (AvgIpc) is 3.56. The van der Waals surface area contributed by atoms with Crippen molar-refractivity contribution in [3.63, 3.8) is 0 Å². The molecule has 0 radical (unpaired) electrons. The van der Waals surface area contributed by atoms with Crippen LogP contribution in [0, 0.1) is 11.5 Å². The number of carbonyl (C=O) groups is 2. The number of anilines is 1. The first-order valence-electron chi connectivity index (χ1n) is 11.5. The summed E-state index contributed by atoms with van der Waals surface area (Å²) in [4.78, 5) is 33.2. The van der Waals surface area contributed by atoms with Crippen LogP contribution in [0.4, 0.5) is 25.1 Å². The molecule has 2 saturated heterocycles. The quantitative estimate of drug-likeness (QED) is 0.406. The van der Waals surface area contributed by atoms with E-state index in [0.717, 1.165) is 21.9 Å². The molecule has 2 aliphatic rings. The number of likely N-dealkylation sites (tertiary alicyclic amines) is 1. The molecule has 0 bridgehead atoms. The third kappa shape index (κ3) is 5.66. The molecule has 1 aromatic heterocycles. The first-order valence-corrected chi connectivity index (χ1v) is 13.4. The number of aromatic nitrogens is 1. The monoisotopic (exact) mass is 560 g/mol. The van der Waals surface area contributed by atoms with E-state index in [0.29, 0.717) is 13.1 Å². The van der Waals surface area contributed by atoms with Crippen molar-refractivity contribution in [2.75, 3.05) is 38.3 Å². The Bertz CT molecular complexity index is 1240. The number of nitriles is 1. The smallest absolute Gasteiger partial charge is 0.310 e. The lowest BCUT2D eigenvalue weighted by Crippen LogP contribution is -2.50. The van der Waals surface area contributed by atoms with E-state index >= 15 is 0 Å². The molecule has 1 aromatic carbocycles. The van der Waals surface area contributed by atoms with Gasteiger partial charge >= 0.3 is 10.2 Å². The predicted octanol–water partition coefficient (Wildman–Crippen LogP) is 3.77. The van der Waals surface area contributed by atoms with Crippen LogP contribution in [-0.4, -0.2) is 72.2 Å². The molecule has 0 aliphatic carbocycles. The van der Waals surface area contributed by atoms with Crippen molar-refractivity contribution in [3.8, 4) is 6.19 Å². The molecule has 2 aliphatic heterocycles. The number of amides is 2. The summed E-state index contributed by atoms with van der Waals surface area (Å²) < 4.78 is 72.3. The van der Waals surface area contributed by atoms with Crippen LogP contribution in [-0.2, 0) is 14.3 Å². The minimum atomic E-state index is -9.99. The molecule has 2 fully saturated rings. The Balaban J connectivity index is 1.86. The molecule has 3 heterocycles. The van der Waals surface area contributed by atoms with Crippen LogP contribution in [0.2, 0.25) is 0 Å². The Hall–Kier alpha value is -3.48. The van der Waals surface area contributed by atoms with Crippen molar-refractivity contribution >= 4 is 27.7 Å². The van der Waals surface area contributed by atoms with Gasteiger partial charge in [0.25, 0.3) is 11.8 Å². The van der Waals surface area contributed by atoms with Gasteiger partial charge < -0.3 is 9.64 Å². The van der Waals surface area contributed by atoms with E-state index in [2.05, 4.69) is 10.3 Å². The van der Waals surface area contributed by atoms with Gasteiger partial charge in [-0.05, 0) is 30.3 Å². The van der Waals surface area contributed by atoms with E-state index in [1.54, 1.807) is 0 Å². The van der Waals surface area contributed by atoms with E-state index in [4.69, 9.17) is 4.74 Å². The standard InChI is InChI=1S/C23H25F5N6O3S/c1-37-18-11-20(33(13-18)14-29)22(35)34(17-4-6-19(7-5-17)38(24,25,26,27)28)21(16-3-2-8-30-12-16)23(36)32-10-9-31-15-32/h2-8,12,18,20-21,31H,9-11,13,15H2,1H3. The lowest BCUT2D eigenvalue weighted by Gasteiger charge is -2.41. The number of nitrogens with zero attached hydrogens (tertiary/aromatic N) is 5. The van der Waals surface area contributed by atoms with Gasteiger partial charge in [0, 0.05) is 50.3 Å². The second kappa shape index (κ2) is 9.37. The fraction of sp³-hybridized carbons (Fsp3) is 0.391. The molecular formula is C23H25F5N6O3S. The number of ether oxygens (including phenoxy) is 1. The minimum absolute atomic E-state index is 0.0716. The fourth-order valence-corrected chi connectivity index (χ4v) is 5.20. The first-order chi connectivity index (χ1) is 17.7. The van der Waals surface area contributed by atoms with Crippen LogP contribution in [0.1, 0.15) is 18.0 Å². The lowest BCUT2D eigenvalue weighted by atomic mass is 10.0. The zero-order chi connectivity index (χ0) is 27.8. The van der Waals surface area contributed by atoms with Crippen molar-refractivity contribution in [2.45, 2.75) is 29.5 Å². The van der Waals surface area contributed by atoms with Gasteiger partial charge in [0.15, 0.2) is 6.19 Å². The Morgan fingerprint density at radius 3 is 2.45 bits per heavy atom. The molecule has 2 aromatic rings. The minimum Gasteiger partial charge on any atom is -0.379 e. The topological polar surface area (TPSA) is 102 Å². The van der Waals surface area contributed by atoms with Gasteiger partial charge in [-0.1, -0.05) is 25.5 Å². The molecule has 3 atom stereocenters. The first kappa shape index (κ1) is 27.6. The maximum absolute atomic E-state index is 14.0. The second-order valence-corrected chi connectivity index (χ2v) is 11.4. The van der Waals surface area contributed by atoms with E-state index in [1.165, 1.54) is 36.5 Å². The van der Waals surface area contributed by atoms with E-state index in [9.17, 15) is 34.3 Å². The molecule has 4 rings (SSSR count). The highest BCUT2D eigenvalue weighted by Gasteiger charge is 2.65. The third-order valence-electron chi connectivity index (χ3n) is 6.47. The molecule has 3 unspecified atom stereocenters. The van der Waals surface area contributed by atoms with Crippen molar-refractivity contribution in [1.29, 1.82) is 5.26 Å². The number of hydrogen-bond donors (Lipinski definition) is 1. The molecule has 15 heteroatoms. The Kier molecular flexibility index (Phi) is 6.79. The highest BCUT2D eigenvalue weighted by atomic mass is 32.5. The van der Waals surface area contributed by atoms with Gasteiger partial charge in [-0.3, -0.25) is 29.7 Å². The number of halogens is 5. The molecule has 2 amide bonds. The molecular weight excluding hydrogens is 535 g/mol. The zero-order valence-corrected chi connectivity index (χ0v) is 21.0. The van der Waals surface area contributed by atoms with Gasteiger partial charge in [0.2, 0.25) is 0 Å². The van der Waals surface area contributed by atoms with Crippen molar-refractivity contribution in [1.82, 2.24) is 20.1 Å². The molecule has 0 spiro atoms. The number of carbonyl (C=O) groups excluding carboxylic acids is 2. The predicted molar refractivity (Wildman–Crippen MR) is 128 cm³/mol. The van der Waals surface area contributed by atoms with Crippen LogP contribution in [0.25, 0.3) is 0 Å². The summed E-state index contributed by atoms with van der Waals surface area (Å²) in [5, 5.41) is 12.6. The Labute approximate surface area is 215 Å². The number of rotatable bonds is 7. The van der Waals surface area contributed by atoms with Crippen LogP contribution >= 0.6 is 10.2 Å². The largest absolute Gasteiger partial charge is 0.379 e. The summed E-state index contributed by atoms with van der Waals surface area (Å²) in [6.07, 6.45) is 4.27. The normalized spacial score (nSPS) is 22.3. The van der Waals surface area contributed by atoms with Crippen molar-refractivity contribution < 1.29 is 33.8 Å².